The van der Waals surface area contributed by atoms with Crippen molar-refractivity contribution in [1.29, 1.82) is 0 Å². The van der Waals surface area contributed by atoms with E-state index in [0.717, 1.165) is 5.92 Å². The molecule has 0 amide bonds. The Kier molecular flexibility index (Phi) is 5.72. The Bertz CT molecular complexity index is 275. The van der Waals surface area contributed by atoms with Gasteiger partial charge in [0.15, 0.2) is 0 Å². The zero-order chi connectivity index (χ0) is 10.6. The highest BCUT2D eigenvalue weighted by Crippen LogP contribution is 2.40. The molecule has 0 aromatic carbocycles. The minimum absolute atomic E-state index is 0.746. The van der Waals surface area contributed by atoms with Gasteiger partial charge in [-0.3, -0.25) is 0 Å². The van der Waals surface area contributed by atoms with Gasteiger partial charge in [-0.15, -0.1) is 11.3 Å². The van der Waals surface area contributed by atoms with Crippen LogP contribution in [0.1, 0.15) is 50.3 Å². The molecule has 0 aliphatic rings. The minimum atomic E-state index is 0.746. The maximum Gasteiger partial charge on any atom is 0.0713 e. The van der Waals surface area contributed by atoms with Gasteiger partial charge in [0.25, 0.3) is 0 Å². The highest BCUT2D eigenvalue weighted by molar-refractivity contribution is 9.11. The summed E-state index contributed by atoms with van der Waals surface area (Å²) in [4.78, 5) is 1.51. The molecule has 1 aromatic rings. The van der Waals surface area contributed by atoms with Gasteiger partial charge in [-0.25, -0.2) is 0 Å². The van der Waals surface area contributed by atoms with Gasteiger partial charge in [0.05, 0.1) is 3.79 Å². The minimum Gasteiger partial charge on any atom is -0.132 e. The highest BCUT2D eigenvalue weighted by Gasteiger charge is 2.15. The molecule has 1 rings (SSSR count). The summed E-state index contributed by atoms with van der Waals surface area (Å²) in [6, 6.07) is 2.16. The smallest absolute Gasteiger partial charge is 0.0713 e. The van der Waals surface area contributed by atoms with Crippen LogP contribution in [0.2, 0.25) is 0 Å². The number of thiophene rings is 1. The lowest BCUT2D eigenvalue weighted by Crippen LogP contribution is -1.95. The molecule has 0 bridgehead atoms. The first-order chi connectivity index (χ1) is 6.69. The molecule has 0 nitrogen and oxygen atoms in total. The van der Waals surface area contributed by atoms with Crippen LogP contribution in [0.4, 0.5) is 0 Å². The summed E-state index contributed by atoms with van der Waals surface area (Å²) in [6.07, 6.45) is 5.15. The standard InChI is InChI=1S/C11H16Br2S/c1-3-5-8(6-4-2)11-9(12)7-10(13)14-11/h7-8H,3-6H2,1-2H3. The van der Waals surface area contributed by atoms with E-state index in [1.54, 1.807) is 0 Å². The lowest BCUT2D eigenvalue weighted by Gasteiger charge is -2.13. The SMILES string of the molecule is CCCC(CCC)c1sc(Br)cc1Br. The summed E-state index contributed by atoms with van der Waals surface area (Å²) < 4.78 is 2.51. The van der Waals surface area contributed by atoms with Crippen LogP contribution >= 0.6 is 43.2 Å². The van der Waals surface area contributed by atoms with Crippen LogP contribution in [0.5, 0.6) is 0 Å². The fourth-order valence-corrected chi connectivity index (χ4v) is 4.69. The number of halogens is 2. The third kappa shape index (κ3) is 3.35. The molecule has 0 saturated heterocycles. The number of hydrogen-bond acceptors (Lipinski definition) is 1. The van der Waals surface area contributed by atoms with Crippen molar-refractivity contribution >= 4 is 43.2 Å². The van der Waals surface area contributed by atoms with Crippen molar-refractivity contribution in [3.05, 3.63) is 19.2 Å². The molecule has 0 N–H and O–H groups in total. The topological polar surface area (TPSA) is 0 Å². The van der Waals surface area contributed by atoms with Crippen LogP contribution in [0.3, 0.4) is 0 Å². The van der Waals surface area contributed by atoms with E-state index in [-0.39, 0.29) is 0 Å². The van der Waals surface area contributed by atoms with Crippen LogP contribution in [-0.4, -0.2) is 0 Å². The largest absolute Gasteiger partial charge is 0.132 e. The first-order valence-electron chi connectivity index (χ1n) is 5.13. The predicted octanol–water partition coefficient (Wildman–Crippen LogP) is 5.96. The normalized spacial score (nSPS) is 11.2. The van der Waals surface area contributed by atoms with Crippen LogP contribution < -0.4 is 0 Å². The average Bonchev–Trinajstić information content (AvgIpc) is 2.45. The van der Waals surface area contributed by atoms with E-state index in [2.05, 4.69) is 51.8 Å². The fourth-order valence-electron chi connectivity index (χ4n) is 1.74. The number of rotatable bonds is 5. The second-order valence-electron chi connectivity index (χ2n) is 3.54. The van der Waals surface area contributed by atoms with Crippen molar-refractivity contribution in [3.63, 3.8) is 0 Å². The van der Waals surface area contributed by atoms with Gasteiger partial charge in [0, 0.05) is 9.35 Å². The van der Waals surface area contributed by atoms with Gasteiger partial charge >= 0.3 is 0 Å². The molecule has 0 fully saturated rings. The third-order valence-corrected chi connectivity index (χ3v) is 5.05. The highest BCUT2D eigenvalue weighted by atomic mass is 79.9. The molecule has 1 heterocycles. The summed E-state index contributed by atoms with van der Waals surface area (Å²) in [6.45, 7) is 4.53. The van der Waals surface area contributed by atoms with Crippen LogP contribution in [0, 0.1) is 0 Å². The van der Waals surface area contributed by atoms with Crippen molar-refractivity contribution in [3.8, 4) is 0 Å². The Morgan fingerprint density at radius 1 is 1.21 bits per heavy atom. The van der Waals surface area contributed by atoms with Gasteiger partial charge < -0.3 is 0 Å². The van der Waals surface area contributed by atoms with Gasteiger partial charge in [0.1, 0.15) is 0 Å². The molecule has 3 heteroatoms. The van der Waals surface area contributed by atoms with E-state index in [1.807, 2.05) is 11.3 Å². The summed E-state index contributed by atoms with van der Waals surface area (Å²) in [5, 5.41) is 0. The molecule has 0 radical (unpaired) electrons. The van der Waals surface area contributed by atoms with E-state index in [9.17, 15) is 0 Å². The quantitative estimate of drug-likeness (QED) is 0.621. The van der Waals surface area contributed by atoms with Crippen molar-refractivity contribution < 1.29 is 0 Å². The second kappa shape index (κ2) is 6.29. The van der Waals surface area contributed by atoms with Crippen molar-refractivity contribution in [2.24, 2.45) is 0 Å². The maximum atomic E-state index is 3.64. The van der Waals surface area contributed by atoms with Gasteiger partial charge in [-0.05, 0) is 56.7 Å². The average molecular weight is 340 g/mol. The molecule has 0 unspecified atom stereocenters. The number of hydrogen-bond donors (Lipinski definition) is 0. The lowest BCUT2D eigenvalue weighted by molar-refractivity contribution is 0.567. The monoisotopic (exact) mass is 338 g/mol. The maximum absolute atomic E-state index is 3.64. The molecule has 0 atom stereocenters. The van der Waals surface area contributed by atoms with E-state index < -0.39 is 0 Å². The van der Waals surface area contributed by atoms with Crippen molar-refractivity contribution in [1.82, 2.24) is 0 Å². The predicted molar refractivity (Wildman–Crippen MR) is 72.3 cm³/mol. The molecule has 14 heavy (non-hydrogen) atoms. The Labute approximate surface area is 107 Å². The molecular weight excluding hydrogens is 324 g/mol. The van der Waals surface area contributed by atoms with E-state index in [1.165, 1.54) is 38.8 Å². The van der Waals surface area contributed by atoms with E-state index >= 15 is 0 Å². The zero-order valence-electron chi connectivity index (χ0n) is 8.65. The second-order valence-corrected chi connectivity index (χ2v) is 6.85. The Morgan fingerprint density at radius 2 is 1.79 bits per heavy atom. The molecule has 0 aliphatic heterocycles. The van der Waals surface area contributed by atoms with Crippen LogP contribution in [0.15, 0.2) is 14.3 Å². The molecule has 0 aliphatic carbocycles. The molecule has 0 saturated carbocycles. The van der Waals surface area contributed by atoms with Crippen molar-refractivity contribution in [2.45, 2.75) is 45.4 Å². The summed E-state index contributed by atoms with van der Waals surface area (Å²) in [5.74, 6) is 0.746. The van der Waals surface area contributed by atoms with Gasteiger partial charge in [-0.1, -0.05) is 26.7 Å². The molecule has 1 aromatic heterocycles. The Hall–Kier alpha value is 0.660. The lowest BCUT2D eigenvalue weighted by atomic mass is 9.97. The fraction of sp³-hybridized carbons (Fsp3) is 0.636. The summed E-state index contributed by atoms with van der Waals surface area (Å²) in [7, 11) is 0. The van der Waals surface area contributed by atoms with Crippen molar-refractivity contribution in [2.75, 3.05) is 0 Å². The summed E-state index contributed by atoms with van der Waals surface area (Å²) in [5.41, 5.74) is 0. The first kappa shape index (κ1) is 12.7. The van der Waals surface area contributed by atoms with E-state index in [0.29, 0.717) is 0 Å². The molecule has 80 valence electrons. The van der Waals surface area contributed by atoms with Crippen LogP contribution in [-0.2, 0) is 0 Å². The zero-order valence-corrected chi connectivity index (χ0v) is 12.6. The first-order valence-corrected chi connectivity index (χ1v) is 7.54. The molecule has 0 spiro atoms. The summed E-state index contributed by atoms with van der Waals surface area (Å²) >= 11 is 9.05. The van der Waals surface area contributed by atoms with Gasteiger partial charge in [-0.2, -0.15) is 0 Å². The molecular formula is C11H16Br2S. The Morgan fingerprint density at radius 3 is 2.14 bits per heavy atom. The van der Waals surface area contributed by atoms with Gasteiger partial charge in [0.2, 0.25) is 0 Å². The Balaban J connectivity index is 2.80. The third-order valence-electron chi connectivity index (χ3n) is 2.33. The van der Waals surface area contributed by atoms with Crippen LogP contribution in [0.25, 0.3) is 0 Å². The van der Waals surface area contributed by atoms with E-state index in [4.69, 9.17) is 0 Å².